The Balaban J connectivity index is 0.000000238. The lowest BCUT2D eigenvalue weighted by atomic mass is 9.95. The first-order chi connectivity index (χ1) is 34.0. The van der Waals surface area contributed by atoms with Crippen LogP contribution in [0.4, 0.5) is 65.9 Å². The highest BCUT2D eigenvalue weighted by atomic mass is 35.5. The molecule has 3 atom stereocenters. The van der Waals surface area contributed by atoms with Gasteiger partial charge in [0, 0.05) is 62.1 Å². The SMILES string of the molecule is O=C(CCC(F)c1ccc(Cl)cc1Cl)c1ccccc1C(F)(F)F.O=C(CCC(F)c1ccccc1C(F)(F)F)c1ccccc1C(F)(F)F.O=C(CCC(F)c1ccccc1Cl)c1ccccc1C(F)(F)F. The topological polar surface area (TPSA) is 51.2 Å². The summed E-state index contributed by atoms with van der Waals surface area (Å²) in [6.45, 7) is 0. The van der Waals surface area contributed by atoms with Gasteiger partial charge in [-0.15, -0.1) is 0 Å². The number of alkyl halides is 15. The zero-order valence-corrected chi connectivity index (χ0v) is 39.5. The summed E-state index contributed by atoms with van der Waals surface area (Å²) in [6.07, 6.45) is -26.5. The second-order valence-electron chi connectivity index (χ2n) is 15.7. The maximum Gasteiger partial charge on any atom is 0.417 e. The van der Waals surface area contributed by atoms with Crippen molar-refractivity contribution in [1.82, 2.24) is 0 Å². The molecular weight excluding hydrogens is 1060 g/mol. The van der Waals surface area contributed by atoms with Crippen LogP contribution in [-0.2, 0) is 24.7 Å². The molecule has 3 nitrogen and oxygen atoms in total. The molecule has 0 aliphatic heterocycles. The van der Waals surface area contributed by atoms with E-state index >= 15 is 0 Å². The third-order valence-corrected chi connectivity index (χ3v) is 11.5. The van der Waals surface area contributed by atoms with Crippen LogP contribution in [0.3, 0.4) is 0 Å². The van der Waals surface area contributed by atoms with Gasteiger partial charge in [-0.2, -0.15) is 52.7 Å². The standard InChI is InChI=1S/C18H13F7O.C17H12Cl2F4O.C17H13ClF4O/c19-15(11-5-1-3-7-13(11)17(20,21)22)9-10-16(26)12-6-2-4-8-14(12)18(23,24)25;18-10-5-6-12(14(19)9-10)15(20)7-8-16(24)11-3-1-2-4-13(11)17(21,22)23;18-14-8-4-2-6-12(14)15(19)9-10-16(23)11-5-1-3-7-13(11)17(20,21)22/h1-8,15H,9-10H2;1-6,9,15H,7-8H2;1-8,15H,9-10H2. The van der Waals surface area contributed by atoms with Crippen molar-refractivity contribution in [2.24, 2.45) is 0 Å². The predicted molar refractivity (Wildman–Crippen MR) is 246 cm³/mol. The fourth-order valence-electron chi connectivity index (χ4n) is 7.08. The van der Waals surface area contributed by atoms with Gasteiger partial charge in [0.15, 0.2) is 17.3 Å². The van der Waals surface area contributed by atoms with Gasteiger partial charge in [0.1, 0.15) is 18.5 Å². The lowest BCUT2D eigenvalue weighted by Gasteiger charge is -2.16. The molecule has 0 amide bonds. The lowest BCUT2D eigenvalue weighted by molar-refractivity contribution is -0.139. The molecule has 0 aliphatic rings. The number of carbonyl (C=O) groups is 3. The van der Waals surface area contributed by atoms with Gasteiger partial charge in [0.2, 0.25) is 0 Å². The molecule has 0 radical (unpaired) electrons. The minimum absolute atomic E-state index is 0.109. The van der Waals surface area contributed by atoms with Crippen molar-refractivity contribution < 1.29 is 80.2 Å². The number of benzene rings is 6. The van der Waals surface area contributed by atoms with E-state index in [1.54, 1.807) is 12.1 Å². The quantitative estimate of drug-likeness (QED) is 0.0761. The predicted octanol–water partition coefficient (Wildman–Crippen LogP) is 19.1. The molecule has 0 saturated heterocycles. The third kappa shape index (κ3) is 17.4. The van der Waals surface area contributed by atoms with E-state index in [0.717, 1.165) is 54.6 Å². The molecule has 0 heterocycles. The van der Waals surface area contributed by atoms with E-state index < -0.39 is 118 Å². The summed E-state index contributed by atoms with van der Waals surface area (Å²) in [5.74, 6) is -2.49. The van der Waals surface area contributed by atoms with Crippen LogP contribution in [0.25, 0.3) is 0 Å². The van der Waals surface area contributed by atoms with Crippen LogP contribution in [0.1, 0.15) is 127 Å². The zero-order chi connectivity index (χ0) is 54.5. The van der Waals surface area contributed by atoms with Crippen LogP contribution in [0.15, 0.2) is 140 Å². The molecule has 0 saturated carbocycles. The van der Waals surface area contributed by atoms with Crippen LogP contribution < -0.4 is 0 Å². The van der Waals surface area contributed by atoms with E-state index in [4.69, 9.17) is 34.8 Å². The molecule has 0 aliphatic carbocycles. The monoisotopic (exact) mass is 1100 g/mol. The molecule has 0 spiro atoms. The maximum absolute atomic E-state index is 14.3. The summed E-state index contributed by atoms with van der Waals surface area (Å²) in [5, 5.41) is 0.674. The summed E-state index contributed by atoms with van der Waals surface area (Å²) >= 11 is 17.5. The molecule has 6 aromatic carbocycles. The van der Waals surface area contributed by atoms with Gasteiger partial charge in [-0.3, -0.25) is 14.4 Å². The summed E-state index contributed by atoms with van der Waals surface area (Å²) in [4.78, 5) is 36.1. The highest BCUT2D eigenvalue weighted by Gasteiger charge is 2.38. The summed E-state index contributed by atoms with van der Waals surface area (Å²) in [7, 11) is 0. The number of ketones is 3. The number of carbonyl (C=O) groups excluding carboxylic acids is 3. The molecule has 3 unspecified atom stereocenters. The minimum Gasteiger partial charge on any atom is -0.294 e. The van der Waals surface area contributed by atoms with Crippen molar-refractivity contribution in [3.05, 3.63) is 210 Å². The molecule has 21 heteroatoms. The normalized spacial score (nSPS) is 13.1. The van der Waals surface area contributed by atoms with Crippen molar-refractivity contribution in [3.8, 4) is 0 Å². The van der Waals surface area contributed by atoms with Crippen LogP contribution in [0.2, 0.25) is 15.1 Å². The van der Waals surface area contributed by atoms with Gasteiger partial charge in [-0.1, -0.05) is 132 Å². The minimum atomic E-state index is -4.77. The number of hydrogen-bond acceptors (Lipinski definition) is 3. The van der Waals surface area contributed by atoms with E-state index in [-0.39, 0.29) is 46.9 Å². The Morgan fingerprint density at radius 2 is 0.644 bits per heavy atom. The second-order valence-corrected chi connectivity index (χ2v) is 16.9. The van der Waals surface area contributed by atoms with E-state index in [9.17, 15) is 80.2 Å². The first kappa shape index (κ1) is 59.7. The van der Waals surface area contributed by atoms with Crippen LogP contribution in [0.5, 0.6) is 0 Å². The Labute approximate surface area is 422 Å². The molecule has 73 heavy (non-hydrogen) atoms. The number of hydrogen-bond donors (Lipinski definition) is 0. The summed E-state index contributed by atoms with van der Waals surface area (Å²) in [6, 6.07) is 27.4. The molecule has 6 aromatic rings. The fraction of sp³-hybridized carbons (Fsp3) is 0.250. The average Bonchev–Trinajstić information content (AvgIpc) is 3.33. The molecular formula is C52H38Cl3F15O3. The lowest BCUT2D eigenvalue weighted by Crippen LogP contribution is -2.14. The van der Waals surface area contributed by atoms with Crippen molar-refractivity contribution in [3.63, 3.8) is 0 Å². The van der Waals surface area contributed by atoms with E-state index in [0.29, 0.717) is 11.1 Å². The molecule has 0 fully saturated rings. The number of Topliss-reactive ketones (excluding diaryl/α,β-unsaturated/α-hetero) is 3. The van der Waals surface area contributed by atoms with Crippen molar-refractivity contribution in [1.29, 1.82) is 0 Å². The van der Waals surface area contributed by atoms with E-state index in [1.807, 2.05) is 0 Å². The molecule has 0 aromatic heterocycles. The first-order valence-electron chi connectivity index (χ1n) is 21.4. The van der Waals surface area contributed by atoms with Crippen molar-refractivity contribution in [2.45, 2.75) is 81.7 Å². The fourth-order valence-corrected chi connectivity index (χ4v) is 7.86. The summed E-state index contributed by atoms with van der Waals surface area (Å²) in [5.41, 5.74) is -6.14. The van der Waals surface area contributed by atoms with Gasteiger partial charge in [-0.25, -0.2) is 13.2 Å². The Morgan fingerprint density at radius 1 is 0.356 bits per heavy atom. The average molecular weight is 1100 g/mol. The van der Waals surface area contributed by atoms with Crippen LogP contribution in [-0.4, -0.2) is 17.3 Å². The summed E-state index contributed by atoms with van der Waals surface area (Å²) < 4.78 is 197. The van der Waals surface area contributed by atoms with E-state index in [1.165, 1.54) is 66.7 Å². The van der Waals surface area contributed by atoms with Crippen molar-refractivity contribution in [2.75, 3.05) is 0 Å². The first-order valence-corrected chi connectivity index (χ1v) is 22.5. The zero-order valence-electron chi connectivity index (χ0n) is 37.3. The van der Waals surface area contributed by atoms with Crippen LogP contribution in [0, 0.1) is 0 Å². The smallest absolute Gasteiger partial charge is 0.294 e. The molecule has 0 N–H and O–H groups in total. The highest BCUT2D eigenvalue weighted by molar-refractivity contribution is 6.35. The number of rotatable bonds is 15. The van der Waals surface area contributed by atoms with Gasteiger partial charge < -0.3 is 0 Å². The van der Waals surface area contributed by atoms with Gasteiger partial charge >= 0.3 is 24.7 Å². The molecule has 390 valence electrons. The molecule has 6 rings (SSSR count). The Hall–Kier alpha value is -5.85. The van der Waals surface area contributed by atoms with Gasteiger partial charge in [0.25, 0.3) is 0 Å². The van der Waals surface area contributed by atoms with Crippen LogP contribution >= 0.6 is 34.8 Å². The Bertz CT molecular complexity index is 2820. The third-order valence-electron chi connectivity index (χ3n) is 10.6. The second kappa shape index (κ2) is 25.9. The highest BCUT2D eigenvalue weighted by Crippen LogP contribution is 2.40. The number of halogens is 18. The van der Waals surface area contributed by atoms with Crippen molar-refractivity contribution >= 4 is 52.2 Å². The Morgan fingerprint density at radius 3 is 0.986 bits per heavy atom. The molecule has 0 bridgehead atoms. The Kier molecular flexibility index (Phi) is 21.2. The van der Waals surface area contributed by atoms with Gasteiger partial charge in [-0.05, 0) is 67.3 Å². The largest absolute Gasteiger partial charge is 0.417 e. The van der Waals surface area contributed by atoms with E-state index in [2.05, 4.69) is 0 Å². The van der Waals surface area contributed by atoms with Gasteiger partial charge in [0.05, 0.1) is 22.3 Å². The maximum atomic E-state index is 14.3.